The molecule has 0 spiro atoms. The Hall–Kier alpha value is -0.0800. The first kappa shape index (κ1) is 19.0. The average molecular weight is 299 g/mol. The van der Waals surface area contributed by atoms with Crippen LogP contribution in [0.15, 0.2) is 0 Å². The number of hydrogen-bond acceptors (Lipinski definition) is 2. The van der Waals surface area contributed by atoms with Crippen LogP contribution in [0.1, 0.15) is 103 Å². The van der Waals surface area contributed by atoms with E-state index in [1.54, 1.807) is 7.11 Å². The summed E-state index contributed by atoms with van der Waals surface area (Å²) in [6.45, 7) is 2.27. The van der Waals surface area contributed by atoms with Crippen molar-refractivity contribution >= 4 is 0 Å². The van der Waals surface area contributed by atoms with Gasteiger partial charge in [0, 0.05) is 13.5 Å². The molecule has 1 rings (SSSR count). The summed E-state index contributed by atoms with van der Waals surface area (Å²) in [5.74, 6) is 0. The van der Waals surface area contributed by atoms with Crippen LogP contribution in [0.2, 0.25) is 0 Å². The standard InChI is InChI=1S/C19H38O2/c1-3-4-5-6-7-8-9-10-11-12-15-19(20)16-13-14-18(17-19)21-2/h18,20H,3-17H2,1-2H3. The van der Waals surface area contributed by atoms with Crippen molar-refractivity contribution in [3.8, 4) is 0 Å². The molecule has 2 atom stereocenters. The number of ether oxygens (including phenoxy) is 1. The monoisotopic (exact) mass is 298 g/mol. The Bertz CT molecular complexity index is 242. The lowest BCUT2D eigenvalue weighted by Crippen LogP contribution is -2.38. The molecule has 1 aliphatic carbocycles. The Morgan fingerprint density at radius 3 is 2.10 bits per heavy atom. The highest BCUT2D eigenvalue weighted by Crippen LogP contribution is 2.33. The van der Waals surface area contributed by atoms with Gasteiger partial charge in [0.25, 0.3) is 0 Å². The van der Waals surface area contributed by atoms with Gasteiger partial charge >= 0.3 is 0 Å². The smallest absolute Gasteiger partial charge is 0.0672 e. The molecule has 1 N–H and O–H groups in total. The molecule has 2 unspecified atom stereocenters. The third kappa shape index (κ3) is 8.83. The fourth-order valence-corrected chi connectivity index (χ4v) is 3.66. The van der Waals surface area contributed by atoms with E-state index >= 15 is 0 Å². The molecule has 0 bridgehead atoms. The van der Waals surface area contributed by atoms with E-state index in [4.69, 9.17) is 4.74 Å². The first-order valence-electron chi connectivity index (χ1n) is 9.45. The minimum Gasteiger partial charge on any atom is -0.390 e. The number of methoxy groups -OCH3 is 1. The average Bonchev–Trinajstić information content (AvgIpc) is 2.49. The zero-order chi connectivity index (χ0) is 15.4. The highest BCUT2D eigenvalue weighted by atomic mass is 16.5. The lowest BCUT2D eigenvalue weighted by atomic mass is 9.79. The van der Waals surface area contributed by atoms with Crippen LogP contribution in [0.3, 0.4) is 0 Å². The van der Waals surface area contributed by atoms with Gasteiger partial charge in [0.15, 0.2) is 0 Å². The van der Waals surface area contributed by atoms with Gasteiger partial charge < -0.3 is 9.84 Å². The molecule has 1 aliphatic rings. The summed E-state index contributed by atoms with van der Waals surface area (Å²) >= 11 is 0. The molecule has 0 aliphatic heterocycles. The second-order valence-electron chi connectivity index (χ2n) is 7.11. The molecule has 1 saturated carbocycles. The van der Waals surface area contributed by atoms with Crippen LogP contribution in [0.25, 0.3) is 0 Å². The molecule has 1 fully saturated rings. The van der Waals surface area contributed by atoms with Gasteiger partial charge in [-0.05, 0) is 25.7 Å². The third-order valence-corrected chi connectivity index (χ3v) is 5.10. The summed E-state index contributed by atoms with van der Waals surface area (Å²) in [6.07, 6.45) is 18.9. The van der Waals surface area contributed by atoms with Crippen LogP contribution in [-0.2, 0) is 4.74 Å². The maximum absolute atomic E-state index is 10.6. The maximum atomic E-state index is 10.6. The molecule has 126 valence electrons. The van der Waals surface area contributed by atoms with E-state index in [-0.39, 0.29) is 6.10 Å². The maximum Gasteiger partial charge on any atom is 0.0672 e. The van der Waals surface area contributed by atoms with Gasteiger partial charge in [-0.2, -0.15) is 0 Å². The fraction of sp³-hybridized carbons (Fsp3) is 1.00. The quantitative estimate of drug-likeness (QED) is 0.474. The molecule has 21 heavy (non-hydrogen) atoms. The van der Waals surface area contributed by atoms with E-state index < -0.39 is 5.60 Å². The largest absolute Gasteiger partial charge is 0.390 e. The number of aliphatic hydroxyl groups is 1. The molecule has 0 aromatic rings. The van der Waals surface area contributed by atoms with Gasteiger partial charge in [0.2, 0.25) is 0 Å². The fourth-order valence-electron chi connectivity index (χ4n) is 3.66. The molecule has 0 aromatic heterocycles. The molecule has 2 nitrogen and oxygen atoms in total. The Balaban J connectivity index is 1.93. The van der Waals surface area contributed by atoms with Gasteiger partial charge in [-0.15, -0.1) is 0 Å². The Labute approximate surface area is 132 Å². The Morgan fingerprint density at radius 2 is 1.52 bits per heavy atom. The number of rotatable bonds is 12. The molecule has 0 saturated heterocycles. The molecule has 2 heteroatoms. The van der Waals surface area contributed by atoms with Crippen LogP contribution in [0.4, 0.5) is 0 Å². The lowest BCUT2D eigenvalue weighted by molar-refractivity contribution is -0.0644. The molecule has 0 amide bonds. The molecule has 0 radical (unpaired) electrons. The zero-order valence-electron chi connectivity index (χ0n) is 14.5. The predicted octanol–water partition coefficient (Wildman–Crippen LogP) is 5.62. The lowest BCUT2D eigenvalue weighted by Gasteiger charge is -2.36. The summed E-state index contributed by atoms with van der Waals surface area (Å²) < 4.78 is 5.43. The summed E-state index contributed by atoms with van der Waals surface area (Å²) in [5.41, 5.74) is -0.431. The van der Waals surface area contributed by atoms with E-state index in [1.807, 2.05) is 0 Å². The molecular formula is C19H38O2. The molecule has 0 heterocycles. The van der Waals surface area contributed by atoms with E-state index in [2.05, 4.69) is 6.92 Å². The normalized spacial score (nSPS) is 26.1. The van der Waals surface area contributed by atoms with Crippen LogP contribution < -0.4 is 0 Å². The van der Waals surface area contributed by atoms with Gasteiger partial charge in [-0.3, -0.25) is 0 Å². The highest BCUT2D eigenvalue weighted by Gasteiger charge is 2.33. The SMILES string of the molecule is CCCCCCCCCCCCC1(O)CCCC(OC)C1. The van der Waals surface area contributed by atoms with Crippen molar-refractivity contribution in [2.45, 2.75) is 115 Å². The second-order valence-corrected chi connectivity index (χ2v) is 7.11. The summed E-state index contributed by atoms with van der Waals surface area (Å²) in [7, 11) is 1.77. The minimum atomic E-state index is -0.431. The van der Waals surface area contributed by atoms with Crippen molar-refractivity contribution in [2.24, 2.45) is 0 Å². The Morgan fingerprint density at radius 1 is 0.952 bits per heavy atom. The van der Waals surface area contributed by atoms with Gasteiger partial charge in [-0.25, -0.2) is 0 Å². The Kier molecular flexibility index (Phi) is 10.4. The summed E-state index contributed by atoms with van der Waals surface area (Å²) in [6, 6.07) is 0. The first-order valence-corrected chi connectivity index (χ1v) is 9.45. The highest BCUT2D eigenvalue weighted by molar-refractivity contribution is 4.86. The van der Waals surface area contributed by atoms with Gasteiger partial charge in [0.05, 0.1) is 11.7 Å². The number of hydrogen-bond donors (Lipinski definition) is 1. The van der Waals surface area contributed by atoms with E-state index in [0.717, 1.165) is 32.1 Å². The van der Waals surface area contributed by atoms with E-state index in [9.17, 15) is 5.11 Å². The minimum absolute atomic E-state index is 0.284. The van der Waals surface area contributed by atoms with Crippen LogP contribution in [0.5, 0.6) is 0 Å². The molecular weight excluding hydrogens is 260 g/mol. The van der Waals surface area contributed by atoms with Crippen LogP contribution in [0, 0.1) is 0 Å². The van der Waals surface area contributed by atoms with Crippen molar-refractivity contribution in [1.82, 2.24) is 0 Å². The van der Waals surface area contributed by atoms with Crippen molar-refractivity contribution in [1.29, 1.82) is 0 Å². The van der Waals surface area contributed by atoms with Crippen LogP contribution in [-0.4, -0.2) is 23.9 Å². The van der Waals surface area contributed by atoms with Crippen molar-refractivity contribution in [3.63, 3.8) is 0 Å². The molecule has 0 aromatic carbocycles. The van der Waals surface area contributed by atoms with Crippen LogP contribution >= 0.6 is 0 Å². The first-order chi connectivity index (χ1) is 10.2. The van der Waals surface area contributed by atoms with E-state index in [0.29, 0.717) is 0 Å². The van der Waals surface area contributed by atoms with Crippen molar-refractivity contribution < 1.29 is 9.84 Å². The zero-order valence-corrected chi connectivity index (χ0v) is 14.5. The van der Waals surface area contributed by atoms with Crippen molar-refractivity contribution in [2.75, 3.05) is 7.11 Å². The van der Waals surface area contributed by atoms with E-state index in [1.165, 1.54) is 64.2 Å². The second kappa shape index (κ2) is 11.5. The third-order valence-electron chi connectivity index (χ3n) is 5.10. The predicted molar refractivity (Wildman–Crippen MR) is 90.7 cm³/mol. The number of unbranched alkanes of at least 4 members (excludes halogenated alkanes) is 9. The topological polar surface area (TPSA) is 29.5 Å². The summed E-state index contributed by atoms with van der Waals surface area (Å²) in [4.78, 5) is 0. The van der Waals surface area contributed by atoms with Gasteiger partial charge in [0.1, 0.15) is 0 Å². The van der Waals surface area contributed by atoms with Crippen molar-refractivity contribution in [3.05, 3.63) is 0 Å². The summed E-state index contributed by atoms with van der Waals surface area (Å²) in [5, 5.41) is 10.6. The van der Waals surface area contributed by atoms with Gasteiger partial charge in [-0.1, -0.05) is 71.1 Å².